The number of amides is 2. The third-order valence-electron chi connectivity index (χ3n) is 6.44. The van der Waals surface area contributed by atoms with Crippen LogP contribution in [-0.4, -0.2) is 41.9 Å². The average molecular weight is 437 g/mol. The van der Waals surface area contributed by atoms with E-state index in [9.17, 15) is 9.59 Å². The second kappa shape index (κ2) is 11.7. The van der Waals surface area contributed by atoms with E-state index >= 15 is 0 Å². The Morgan fingerprint density at radius 3 is 2.44 bits per heavy atom. The predicted octanol–water partition coefficient (Wildman–Crippen LogP) is 4.59. The van der Waals surface area contributed by atoms with Crippen LogP contribution in [0.1, 0.15) is 55.7 Å². The molecule has 1 atom stereocenters. The van der Waals surface area contributed by atoms with Gasteiger partial charge in [-0.05, 0) is 68.9 Å². The van der Waals surface area contributed by atoms with Crippen molar-refractivity contribution in [3.63, 3.8) is 0 Å². The monoisotopic (exact) mass is 436 g/mol. The number of ether oxygens (including phenoxy) is 1. The van der Waals surface area contributed by atoms with E-state index in [2.05, 4.69) is 5.32 Å². The van der Waals surface area contributed by atoms with Gasteiger partial charge < -0.3 is 15.0 Å². The second-order valence-electron chi connectivity index (χ2n) is 8.88. The van der Waals surface area contributed by atoms with Crippen LogP contribution >= 0.6 is 0 Å². The fraction of sp³-hybridized carbons (Fsp3) is 0.481. The molecule has 1 saturated carbocycles. The number of hydrogen-bond donors (Lipinski definition) is 1. The molecule has 2 aromatic rings. The van der Waals surface area contributed by atoms with Crippen LogP contribution in [0, 0.1) is 13.8 Å². The standard InChI is InChI=1S/C27H36N2O3/c1-20-14-15-25(18-21(20)2)32-19-26(30)29(17-16-23-10-6-4-7-11-23)22(3)27(31)28-24-12-8-5-9-13-24/h4,6-7,10-11,14-15,18,22,24H,5,8-9,12-13,16-17,19H2,1-3H3,(H,28,31)/t22-/m1/s1. The van der Waals surface area contributed by atoms with Crippen molar-refractivity contribution in [1.82, 2.24) is 10.2 Å². The summed E-state index contributed by atoms with van der Waals surface area (Å²) in [4.78, 5) is 27.8. The van der Waals surface area contributed by atoms with E-state index in [1.54, 1.807) is 4.90 Å². The minimum absolute atomic E-state index is 0.0792. The number of nitrogens with one attached hydrogen (secondary N) is 1. The van der Waals surface area contributed by atoms with Gasteiger partial charge in [0.15, 0.2) is 6.61 Å². The van der Waals surface area contributed by atoms with Gasteiger partial charge in [0.1, 0.15) is 11.8 Å². The van der Waals surface area contributed by atoms with Gasteiger partial charge in [0.05, 0.1) is 0 Å². The van der Waals surface area contributed by atoms with Gasteiger partial charge in [-0.2, -0.15) is 0 Å². The topological polar surface area (TPSA) is 58.6 Å². The van der Waals surface area contributed by atoms with Crippen molar-refractivity contribution >= 4 is 11.8 Å². The van der Waals surface area contributed by atoms with Gasteiger partial charge in [-0.15, -0.1) is 0 Å². The van der Waals surface area contributed by atoms with Crippen LogP contribution in [0.25, 0.3) is 0 Å². The Balaban J connectivity index is 1.65. The molecule has 172 valence electrons. The van der Waals surface area contributed by atoms with Crippen LogP contribution in [0.15, 0.2) is 48.5 Å². The average Bonchev–Trinajstić information content (AvgIpc) is 2.81. The highest BCUT2D eigenvalue weighted by Gasteiger charge is 2.28. The van der Waals surface area contributed by atoms with Crippen molar-refractivity contribution in [2.45, 2.75) is 71.4 Å². The summed E-state index contributed by atoms with van der Waals surface area (Å²) in [5.41, 5.74) is 3.44. The van der Waals surface area contributed by atoms with E-state index in [4.69, 9.17) is 4.74 Å². The van der Waals surface area contributed by atoms with Gasteiger partial charge in [-0.25, -0.2) is 0 Å². The van der Waals surface area contributed by atoms with Crippen LogP contribution < -0.4 is 10.1 Å². The minimum Gasteiger partial charge on any atom is -0.484 e. The molecule has 0 unspecified atom stereocenters. The van der Waals surface area contributed by atoms with Crippen LogP contribution in [0.3, 0.4) is 0 Å². The number of aryl methyl sites for hydroxylation is 2. The Morgan fingerprint density at radius 1 is 1.03 bits per heavy atom. The summed E-state index contributed by atoms with van der Waals surface area (Å²) in [6.07, 6.45) is 6.27. The first-order chi connectivity index (χ1) is 15.4. The molecule has 1 aliphatic rings. The number of rotatable bonds is 9. The van der Waals surface area contributed by atoms with Gasteiger partial charge in [0.2, 0.25) is 5.91 Å². The summed E-state index contributed by atoms with van der Waals surface area (Å²) in [5, 5.41) is 3.17. The summed E-state index contributed by atoms with van der Waals surface area (Å²) in [6, 6.07) is 15.5. The van der Waals surface area contributed by atoms with E-state index in [-0.39, 0.29) is 24.5 Å². The first kappa shape index (κ1) is 23.8. The Hall–Kier alpha value is -2.82. The molecular formula is C27H36N2O3. The lowest BCUT2D eigenvalue weighted by molar-refractivity contribution is -0.141. The summed E-state index contributed by atoms with van der Waals surface area (Å²) in [5.74, 6) is 0.415. The maximum atomic E-state index is 13.1. The Labute approximate surface area is 192 Å². The van der Waals surface area contributed by atoms with E-state index in [0.717, 1.165) is 36.8 Å². The molecule has 2 amide bonds. The van der Waals surface area contributed by atoms with E-state index in [0.29, 0.717) is 18.7 Å². The van der Waals surface area contributed by atoms with E-state index in [1.165, 1.54) is 12.0 Å². The highest BCUT2D eigenvalue weighted by Crippen LogP contribution is 2.19. The zero-order chi connectivity index (χ0) is 22.9. The van der Waals surface area contributed by atoms with Crippen molar-refractivity contribution in [2.24, 2.45) is 0 Å². The molecular weight excluding hydrogens is 400 g/mol. The first-order valence-corrected chi connectivity index (χ1v) is 11.8. The van der Waals surface area contributed by atoms with Crippen molar-refractivity contribution in [3.8, 4) is 5.75 Å². The second-order valence-corrected chi connectivity index (χ2v) is 8.88. The van der Waals surface area contributed by atoms with Gasteiger partial charge in [0.25, 0.3) is 5.91 Å². The molecule has 0 bridgehead atoms. The van der Waals surface area contributed by atoms with E-state index in [1.807, 2.05) is 69.3 Å². The molecule has 3 rings (SSSR count). The molecule has 0 aromatic heterocycles. The first-order valence-electron chi connectivity index (χ1n) is 11.8. The van der Waals surface area contributed by atoms with Gasteiger partial charge >= 0.3 is 0 Å². The van der Waals surface area contributed by atoms with Crippen molar-refractivity contribution in [1.29, 1.82) is 0 Å². The SMILES string of the molecule is Cc1ccc(OCC(=O)N(CCc2ccccc2)[C@H](C)C(=O)NC2CCCCC2)cc1C. The van der Waals surface area contributed by atoms with Gasteiger partial charge in [-0.1, -0.05) is 55.7 Å². The highest BCUT2D eigenvalue weighted by molar-refractivity contribution is 5.88. The van der Waals surface area contributed by atoms with Crippen molar-refractivity contribution in [3.05, 3.63) is 65.2 Å². The lowest BCUT2D eigenvalue weighted by Crippen LogP contribution is -2.52. The predicted molar refractivity (Wildman–Crippen MR) is 128 cm³/mol. The quantitative estimate of drug-likeness (QED) is 0.625. The summed E-state index contributed by atoms with van der Waals surface area (Å²) in [7, 11) is 0. The summed E-state index contributed by atoms with van der Waals surface area (Å²) < 4.78 is 5.79. The normalized spacial score (nSPS) is 15.1. The molecule has 2 aromatic carbocycles. The lowest BCUT2D eigenvalue weighted by atomic mass is 9.95. The number of hydrogen-bond acceptors (Lipinski definition) is 3. The molecule has 1 aliphatic carbocycles. The maximum absolute atomic E-state index is 13.1. The smallest absolute Gasteiger partial charge is 0.261 e. The molecule has 0 spiro atoms. The maximum Gasteiger partial charge on any atom is 0.261 e. The number of carbonyl (C=O) groups is 2. The molecule has 1 N–H and O–H groups in total. The van der Waals surface area contributed by atoms with Crippen LogP contribution in [-0.2, 0) is 16.0 Å². The Morgan fingerprint density at radius 2 is 1.75 bits per heavy atom. The largest absolute Gasteiger partial charge is 0.484 e. The number of carbonyl (C=O) groups excluding carboxylic acids is 2. The zero-order valence-electron chi connectivity index (χ0n) is 19.6. The van der Waals surface area contributed by atoms with Gasteiger partial charge in [0, 0.05) is 12.6 Å². The van der Waals surface area contributed by atoms with Crippen LogP contribution in [0.5, 0.6) is 5.75 Å². The molecule has 5 heteroatoms. The number of nitrogens with zero attached hydrogens (tertiary/aromatic N) is 1. The van der Waals surface area contributed by atoms with E-state index < -0.39 is 6.04 Å². The molecule has 0 saturated heterocycles. The molecule has 1 fully saturated rings. The fourth-order valence-corrected chi connectivity index (χ4v) is 4.17. The van der Waals surface area contributed by atoms with Gasteiger partial charge in [-0.3, -0.25) is 9.59 Å². The summed E-state index contributed by atoms with van der Waals surface area (Å²) >= 11 is 0. The highest BCUT2D eigenvalue weighted by atomic mass is 16.5. The molecule has 0 radical (unpaired) electrons. The lowest BCUT2D eigenvalue weighted by Gasteiger charge is -2.31. The summed E-state index contributed by atoms with van der Waals surface area (Å²) in [6.45, 7) is 6.27. The fourth-order valence-electron chi connectivity index (χ4n) is 4.17. The molecule has 0 heterocycles. The third kappa shape index (κ3) is 6.84. The number of benzene rings is 2. The third-order valence-corrected chi connectivity index (χ3v) is 6.44. The molecule has 32 heavy (non-hydrogen) atoms. The van der Waals surface area contributed by atoms with Crippen LogP contribution in [0.2, 0.25) is 0 Å². The van der Waals surface area contributed by atoms with Crippen molar-refractivity contribution in [2.75, 3.05) is 13.2 Å². The Kier molecular flexibility index (Phi) is 8.72. The molecule has 0 aliphatic heterocycles. The Bertz CT molecular complexity index is 891. The zero-order valence-corrected chi connectivity index (χ0v) is 19.6. The van der Waals surface area contributed by atoms with Crippen molar-refractivity contribution < 1.29 is 14.3 Å². The molecule has 5 nitrogen and oxygen atoms in total. The van der Waals surface area contributed by atoms with Crippen LogP contribution in [0.4, 0.5) is 0 Å². The minimum atomic E-state index is -0.545.